The summed E-state index contributed by atoms with van der Waals surface area (Å²) in [6.07, 6.45) is 1.58. The Morgan fingerprint density at radius 3 is 2.08 bits per heavy atom. The molecule has 0 unspecified atom stereocenters. The molecular formula is C18H20N2O4. The molecule has 24 heavy (non-hydrogen) atoms. The van der Waals surface area contributed by atoms with E-state index in [-0.39, 0.29) is 5.91 Å². The highest BCUT2D eigenvalue weighted by Gasteiger charge is 2.16. The Hall–Kier alpha value is -3.02. The Balaban J connectivity index is 2.15. The van der Waals surface area contributed by atoms with Crippen molar-refractivity contribution < 1.29 is 19.0 Å². The normalized spacial score (nSPS) is 10.5. The van der Waals surface area contributed by atoms with Crippen LogP contribution in [0.3, 0.4) is 0 Å². The van der Waals surface area contributed by atoms with Crippen LogP contribution < -0.4 is 19.6 Å². The molecule has 0 aliphatic carbocycles. The molecule has 0 fully saturated rings. The number of carbonyl (C=O) groups is 1. The van der Waals surface area contributed by atoms with E-state index in [0.717, 1.165) is 11.1 Å². The fourth-order valence-corrected chi connectivity index (χ4v) is 2.09. The van der Waals surface area contributed by atoms with Crippen LogP contribution in [-0.2, 0) is 0 Å². The minimum atomic E-state index is -0.377. The monoisotopic (exact) mass is 328 g/mol. The average molecular weight is 328 g/mol. The van der Waals surface area contributed by atoms with Gasteiger partial charge in [-0.1, -0.05) is 29.8 Å². The first-order valence-corrected chi connectivity index (χ1v) is 7.29. The summed E-state index contributed by atoms with van der Waals surface area (Å²) in [5.74, 6) is 0.867. The molecule has 6 heteroatoms. The summed E-state index contributed by atoms with van der Waals surface area (Å²) in [5, 5.41) is 3.96. The fraction of sp³-hybridized carbons (Fsp3) is 0.222. The summed E-state index contributed by atoms with van der Waals surface area (Å²) in [4.78, 5) is 12.2. The molecule has 6 nitrogen and oxygen atoms in total. The van der Waals surface area contributed by atoms with E-state index in [1.807, 2.05) is 31.2 Å². The third-order valence-corrected chi connectivity index (χ3v) is 3.38. The topological polar surface area (TPSA) is 69.2 Å². The number of rotatable bonds is 6. The fourth-order valence-electron chi connectivity index (χ4n) is 2.09. The van der Waals surface area contributed by atoms with Crippen LogP contribution in [0.1, 0.15) is 21.5 Å². The number of aryl methyl sites for hydroxylation is 1. The molecule has 0 aromatic heterocycles. The van der Waals surface area contributed by atoms with Gasteiger partial charge < -0.3 is 14.2 Å². The van der Waals surface area contributed by atoms with E-state index in [1.54, 1.807) is 18.3 Å². The Morgan fingerprint density at radius 2 is 1.58 bits per heavy atom. The molecular weight excluding hydrogens is 308 g/mol. The van der Waals surface area contributed by atoms with E-state index in [4.69, 9.17) is 14.2 Å². The zero-order chi connectivity index (χ0) is 17.5. The number of carbonyl (C=O) groups excluding carboxylic acids is 1. The van der Waals surface area contributed by atoms with Crippen molar-refractivity contribution in [2.24, 2.45) is 5.10 Å². The number of benzene rings is 2. The van der Waals surface area contributed by atoms with Crippen LogP contribution in [0.15, 0.2) is 41.5 Å². The van der Waals surface area contributed by atoms with Gasteiger partial charge >= 0.3 is 0 Å². The minimum Gasteiger partial charge on any atom is -0.493 e. The number of hydrogen-bond donors (Lipinski definition) is 1. The van der Waals surface area contributed by atoms with E-state index in [0.29, 0.717) is 22.8 Å². The second kappa shape index (κ2) is 8.01. The second-order valence-electron chi connectivity index (χ2n) is 5.02. The number of nitrogens with zero attached hydrogens (tertiary/aromatic N) is 1. The van der Waals surface area contributed by atoms with Crippen LogP contribution in [-0.4, -0.2) is 33.5 Å². The molecule has 0 radical (unpaired) electrons. The van der Waals surface area contributed by atoms with Gasteiger partial charge in [-0.2, -0.15) is 5.10 Å². The van der Waals surface area contributed by atoms with E-state index in [1.165, 1.54) is 21.3 Å². The summed E-state index contributed by atoms with van der Waals surface area (Å²) < 4.78 is 15.7. The maximum absolute atomic E-state index is 12.2. The smallest absolute Gasteiger partial charge is 0.271 e. The molecule has 0 saturated carbocycles. The summed E-state index contributed by atoms with van der Waals surface area (Å²) in [5.41, 5.74) is 4.89. The van der Waals surface area contributed by atoms with Crippen LogP contribution >= 0.6 is 0 Å². The number of nitrogens with one attached hydrogen (secondary N) is 1. The van der Waals surface area contributed by atoms with Gasteiger partial charge in [-0.25, -0.2) is 5.43 Å². The molecule has 2 rings (SSSR count). The van der Waals surface area contributed by atoms with Gasteiger partial charge in [0.1, 0.15) is 0 Å². The molecule has 1 N–H and O–H groups in total. The first-order chi connectivity index (χ1) is 11.6. The van der Waals surface area contributed by atoms with Gasteiger partial charge in [-0.05, 0) is 24.6 Å². The molecule has 126 valence electrons. The van der Waals surface area contributed by atoms with E-state index in [9.17, 15) is 4.79 Å². The highest BCUT2D eigenvalue weighted by Crippen LogP contribution is 2.38. The van der Waals surface area contributed by atoms with Gasteiger partial charge in [0.15, 0.2) is 11.5 Å². The lowest BCUT2D eigenvalue weighted by molar-refractivity contribution is 0.0954. The molecule has 0 bridgehead atoms. The van der Waals surface area contributed by atoms with E-state index >= 15 is 0 Å². The first-order valence-electron chi connectivity index (χ1n) is 7.29. The van der Waals surface area contributed by atoms with Crippen molar-refractivity contribution in [3.05, 3.63) is 53.1 Å². The van der Waals surface area contributed by atoms with E-state index in [2.05, 4.69) is 10.5 Å². The number of hydrogen-bond acceptors (Lipinski definition) is 5. The number of hydrazone groups is 1. The maximum atomic E-state index is 12.2. The van der Waals surface area contributed by atoms with Gasteiger partial charge in [0.25, 0.3) is 5.91 Å². The van der Waals surface area contributed by atoms with Crippen LogP contribution in [0.4, 0.5) is 0 Å². The highest BCUT2D eigenvalue weighted by molar-refractivity contribution is 5.96. The molecule has 1 amide bonds. The lowest BCUT2D eigenvalue weighted by Gasteiger charge is -2.13. The predicted octanol–water partition coefficient (Wildman–Crippen LogP) is 2.78. The molecule has 0 saturated heterocycles. The van der Waals surface area contributed by atoms with Crippen molar-refractivity contribution in [1.29, 1.82) is 0 Å². The van der Waals surface area contributed by atoms with Crippen LogP contribution in [0.5, 0.6) is 17.2 Å². The third kappa shape index (κ3) is 4.04. The van der Waals surface area contributed by atoms with Crippen molar-refractivity contribution in [2.75, 3.05) is 21.3 Å². The largest absolute Gasteiger partial charge is 0.493 e. The molecule has 0 aliphatic heterocycles. The zero-order valence-corrected chi connectivity index (χ0v) is 14.1. The molecule has 2 aromatic rings. The standard InChI is InChI=1S/C18H20N2O4/c1-12-5-7-13(8-6-12)11-19-20-18(21)14-9-15(22-2)17(24-4)16(10-14)23-3/h5-11H,1-4H3,(H,20,21)/b19-11-. The quantitative estimate of drug-likeness (QED) is 0.654. The summed E-state index contributed by atoms with van der Waals surface area (Å²) in [7, 11) is 4.50. The van der Waals surface area contributed by atoms with Crippen molar-refractivity contribution >= 4 is 12.1 Å². The first kappa shape index (κ1) is 17.3. The molecule has 0 heterocycles. The Labute approximate surface area is 141 Å². The third-order valence-electron chi connectivity index (χ3n) is 3.38. The lowest BCUT2D eigenvalue weighted by atomic mass is 10.1. The number of amides is 1. The van der Waals surface area contributed by atoms with Crippen LogP contribution in [0.2, 0.25) is 0 Å². The maximum Gasteiger partial charge on any atom is 0.271 e. The Morgan fingerprint density at radius 1 is 1.00 bits per heavy atom. The average Bonchev–Trinajstić information content (AvgIpc) is 2.61. The van der Waals surface area contributed by atoms with Crippen molar-refractivity contribution in [2.45, 2.75) is 6.92 Å². The second-order valence-corrected chi connectivity index (χ2v) is 5.02. The zero-order valence-electron chi connectivity index (χ0n) is 14.1. The molecule has 0 spiro atoms. The Bertz CT molecular complexity index is 714. The van der Waals surface area contributed by atoms with Gasteiger partial charge in [0.05, 0.1) is 27.5 Å². The molecule has 2 aromatic carbocycles. The molecule has 0 atom stereocenters. The summed E-state index contributed by atoms with van der Waals surface area (Å²) >= 11 is 0. The minimum absolute atomic E-state index is 0.352. The van der Waals surface area contributed by atoms with Gasteiger partial charge in [0.2, 0.25) is 5.75 Å². The SMILES string of the molecule is COc1cc(C(=O)N/N=C\c2ccc(C)cc2)cc(OC)c1OC. The van der Waals surface area contributed by atoms with Crippen LogP contribution in [0.25, 0.3) is 0 Å². The van der Waals surface area contributed by atoms with Crippen molar-refractivity contribution in [3.63, 3.8) is 0 Å². The molecule has 0 aliphatic rings. The highest BCUT2D eigenvalue weighted by atomic mass is 16.5. The number of methoxy groups -OCH3 is 3. The predicted molar refractivity (Wildman–Crippen MR) is 92.3 cm³/mol. The lowest BCUT2D eigenvalue weighted by Crippen LogP contribution is -2.18. The summed E-state index contributed by atoms with van der Waals surface area (Å²) in [6.45, 7) is 2.01. The Kier molecular flexibility index (Phi) is 5.78. The summed E-state index contributed by atoms with van der Waals surface area (Å²) in [6, 6.07) is 10.9. The van der Waals surface area contributed by atoms with Crippen LogP contribution in [0, 0.1) is 6.92 Å². The van der Waals surface area contributed by atoms with Gasteiger partial charge in [-0.3, -0.25) is 4.79 Å². The van der Waals surface area contributed by atoms with Gasteiger partial charge in [0, 0.05) is 5.56 Å². The van der Waals surface area contributed by atoms with Gasteiger partial charge in [-0.15, -0.1) is 0 Å². The van der Waals surface area contributed by atoms with Crippen molar-refractivity contribution in [1.82, 2.24) is 5.43 Å². The van der Waals surface area contributed by atoms with Crippen molar-refractivity contribution in [3.8, 4) is 17.2 Å². The van der Waals surface area contributed by atoms with E-state index < -0.39 is 0 Å². The number of ether oxygens (including phenoxy) is 3.